The number of unbranched alkanes of at least 4 members (excludes halogenated alkanes) is 10. The molecule has 140 valence electrons. The minimum absolute atomic E-state index is 0.263. The standard InChI is InChI=1S/C20H36O4/c1-2-3-4-5-6-7-8-9-10-11-12-13-14-15-16-18(20(23)24)17-19(21)22/h6-7,18H,2-5,8-17H2,1H3,(H,21,22)(H,23,24). The van der Waals surface area contributed by atoms with E-state index in [-0.39, 0.29) is 6.42 Å². The summed E-state index contributed by atoms with van der Waals surface area (Å²) in [5, 5.41) is 17.6. The van der Waals surface area contributed by atoms with Crippen molar-refractivity contribution in [3.05, 3.63) is 12.2 Å². The van der Waals surface area contributed by atoms with Crippen molar-refractivity contribution in [3.63, 3.8) is 0 Å². The number of carbonyl (C=O) groups is 2. The minimum atomic E-state index is -1.03. The maximum Gasteiger partial charge on any atom is 0.307 e. The molecule has 2 N–H and O–H groups in total. The Morgan fingerprint density at radius 3 is 1.79 bits per heavy atom. The molecule has 0 spiro atoms. The number of carboxylic acids is 2. The third-order valence-electron chi connectivity index (χ3n) is 4.33. The van der Waals surface area contributed by atoms with Crippen molar-refractivity contribution in [1.82, 2.24) is 0 Å². The first-order chi connectivity index (χ1) is 11.6. The molecule has 0 radical (unpaired) electrons. The van der Waals surface area contributed by atoms with Gasteiger partial charge in [-0.25, -0.2) is 0 Å². The molecule has 0 aromatic carbocycles. The molecule has 0 saturated carbocycles. The second-order valence-corrected chi connectivity index (χ2v) is 6.65. The molecule has 1 atom stereocenters. The Morgan fingerprint density at radius 1 is 0.792 bits per heavy atom. The van der Waals surface area contributed by atoms with Gasteiger partial charge in [-0.2, -0.15) is 0 Å². The van der Waals surface area contributed by atoms with E-state index in [1.165, 1.54) is 57.8 Å². The van der Waals surface area contributed by atoms with Gasteiger partial charge in [0.15, 0.2) is 0 Å². The molecule has 0 rings (SSSR count). The Hall–Kier alpha value is -1.32. The van der Waals surface area contributed by atoms with E-state index in [0.717, 1.165) is 19.3 Å². The third kappa shape index (κ3) is 15.6. The van der Waals surface area contributed by atoms with Crippen LogP contribution >= 0.6 is 0 Å². The maximum atomic E-state index is 10.9. The van der Waals surface area contributed by atoms with Crippen LogP contribution in [-0.4, -0.2) is 22.2 Å². The van der Waals surface area contributed by atoms with Crippen molar-refractivity contribution in [3.8, 4) is 0 Å². The van der Waals surface area contributed by atoms with Crippen molar-refractivity contribution in [2.24, 2.45) is 5.92 Å². The van der Waals surface area contributed by atoms with Crippen LogP contribution in [0.2, 0.25) is 0 Å². The molecule has 0 bridgehead atoms. The van der Waals surface area contributed by atoms with E-state index in [2.05, 4.69) is 19.1 Å². The van der Waals surface area contributed by atoms with Crippen LogP contribution in [-0.2, 0) is 9.59 Å². The van der Waals surface area contributed by atoms with Crippen LogP contribution in [0.1, 0.15) is 96.8 Å². The molecule has 0 aliphatic rings. The average Bonchev–Trinajstić information content (AvgIpc) is 2.53. The maximum absolute atomic E-state index is 10.9. The Kier molecular flexibility index (Phi) is 15.6. The van der Waals surface area contributed by atoms with Gasteiger partial charge in [-0.05, 0) is 32.1 Å². The van der Waals surface area contributed by atoms with Crippen LogP contribution in [0.4, 0.5) is 0 Å². The van der Waals surface area contributed by atoms with Gasteiger partial charge in [0.05, 0.1) is 12.3 Å². The Labute approximate surface area is 147 Å². The summed E-state index contributed by atoms with van der Waals surface area (Å²) >= 11 is 0. The van der Waals surface area contributed by atoms with Gasteiger partial charge in [-0.15, -0.1) is 0 Å². The SMILES string of the molecule is CCCCCC=CCCCCCCCCCC(CC(=O)O)C(=O)O. The van der Waals surface area contributed by atoms with Crippen LogP contribution in [0.5, 0.6) is 0 Å². The van der Waals surface area contributed by atoms with Gasteiger partial charge in [0.1, 0.15) is 0 Å². The van der Waals surface area contributed by atoms with Crippen molar-refractivity contribution >= 4 is 11.9 Å². The zero-order chi connectivity index (χ0) is 18.0. The zero-order valence-corrected chi connectivity index (χ0v) is 15.3. The minimum Gasteiger partial charge on any atom is -0.481 e. The van der Waals surface area contributed by atoms with Gasteiger partial charge < -0.3 is 10.2 Å². The van der Waals surface area contributed by atoms with Crippen molar-refractivity contribution in [1.29, 1.82) is 0 Å². The van der Waals surface area contributed by atoms with Gasteiger partial charge >= 0.3 is 11.9 Å². The lowest BCUT2D eigenvalue weighted by Gasteiger charge is -2.09. The Morgan fingerprint density at radius 2 is 1.29 bits per heavy atom. The monoisotopic (exact) mass is 340 g/mol. The van der Waals surface area contributed by atoms with Crippen LogP contribution in [0, 0.1) is 5.92 Å². The molecule has 0 aromatic rings. The lowest BCUT2D eigenvalue weighted by molar-refractivity contribution is -0.148. The average molecular weight is 341 g/mol. The molecule has 0 aliphatic heterocycles. The van der Waals surface area contributed by atoms with Gasteiger partial charge in [0, 0.05) is 0 Å². The molecule has 0 saturated heterocycles. The van der Waals surface area contributed by atoms with Crippen LogP contribution in [0.15, 0.2) is 12.2 Å². The summed E-state index contributed by atoms with van der Waals surface area (Å²) < 4.78 is 0. The highest BCUT2D eigenvalue weighted by Gasteiger charge is 2.19. The molecule has 4 nitrogen and oxygen atoms in total. The Balaban J connectivity index is 3.38. The lowest BCUT2D eigenvalue weighted by Crippen LogP contribution is -2.17. The molecular formula is C20H36O4. The summed E-state index contributed by atoms with van der Waals surface area (Å²) in [5.74, 6) is -2.74. The predicted molar refractivity (Wildman–Crippen MR) is 98.2 cm³/mol. The van der Waals surface area contributed by atoms with Crippen LogP contribution < -0.4 is 0 Å². The van der Waals surface area contributed by atoms with Gasteiger partial charge in [0.2, 0.25) is 0 Å². The molecular weight excluding hydrogens is 304 g/mol. The van der Waals surface area contributed by atoms with Crippen LogP contribution in [0.25, 0.3) is 0 Å². The lowest BCUT2D eigenvalue weighted by atomic mass is 9.97. The molecule has 0 aliphatic carbocycles. The molecule has 0 fully saturated rings. The van der Waals surface area contributed by atoms with Gasteiger partial charge in [-0.3, -0.25) is 9.59 Å². The topological polar surface area (TPSA) is 74.6 Å². The summed E-state index contributed by atoms with van der Waals surface area (Å²) in [6.07, 6.45) is 19.0. The molecule has 0 amide bonds. The van der Waals surface area contributed by atoms with Gasteiger partial charge in [-0.1, -0.05) is 70.4 Å². The number of hydrogen-bond donors (Lipinski definition) is 2. The predicted octanol–water partition coefficient (Wildman–Crippen LogP) is 5.81. The first-order valence-electron chi connectivity index (χ1n) is 9.67. The number of aliphatic carboxylic acids is 2. The van der Waals surface area contributed by atoms with Crippen molar-refractivity contribution in [2.75, 3.05) is 0 Å². The van der Waals surface area contributed by atoms with Gasteiger partial charge in [0.25, 0.3) is 0 Å². The van der Waals surface area contributed by atoms with Crippen molar-refractivity contribution < 1.29 is 19.8 Å². The third-order valence-corrected chi connectivity index (χ3v) is 4.33. The fraction of sp³-hybridized carbons (Fsp3) is 0.800. The summed E-state index contributed by atoms with van der Waals surface area (Å²) in [6, 6.07) is 0. The van der Waals surface area contributed by atoms with E-state index in [4.69, 9.17) is 10.2 Å². The van der Waals surface area contributed by atoms with E-state index >= 15 is 0 Å². The quantitative estimate of drug-likeness (QED) is 0.259. The number of hydrogen-bond acceptors (Lipinski definition) is 2. The second kappa shape index (κ2) is 16.5. The normalized spacial score (nSPS) is 12.5. The smallest absolute Gasteiger partial charge is 0.307 e. The highest BCUT2D eigenvalue weighted by atomic mass is 16.4. The number of carboxylic acid groups (broad SMARTS) is 2. The molecule has 0 aromatic heterocycles. The number of rotatable bonds is 17. The van der Waals surface area contributed by atoms with E-state index in [1.54, 1.807) is 0 Å². The van der Waals surface area contributed by atoms with Crippen molar-refractivity contribution in [2.45, 2.75) is 96.8 Å². The van der Waals surface area contributed by atoms with E-state index < -0.39 is 17.9 Å². The second-order valence-electron chi connectivity index (χ2n) is 6.65. The largest absolute Gasteiger partial charge is 0.481 e. The number of allylic oxidation sites excluding steroid dienone is 2. The van der Waals surface area contributed by atoms with E-state index in [0.29, 0.717) is 6.42 Å². The van der Waals surface area contributed by atoms with Crippen LogP contribution in [0.3, 0.4) is 0 Å². The van der Waals surface area contributed by atoms with E-state index in [9.17, 15) is 9.59 Å². The molecule has 0 heterocycles. The summed E-state index contributed by atoms with van der Waals surface area (Å²) in [4.78, 5) is 21.5. The highest BCUT2D eigenvalue weighted by Crippen LogP contribution is 2.16. The molecule has 4 heteroatoms. The zero-order valence-electron chi connectivity index (χ0n) is 15.3. The first kappa shape index (κ1) is 22.7. The summed E-state index contributed by atoms with van der Waals surface area (Å²) in [5.41, 5.74) is 0. The fourth-order valence-electron chi connectivity index (χ4n) is 2.81. The first-order valence-corrected chi connectivity index (χ1v) is 9.67. The molecule has 1 unspecified atom stereocenters. The van der Waals surface area contributed by atoms with E-state index in [1.807, 2.05) is 0 Å². The summed E-state index contributed by atoms with van der Waals surface area (Å²) in [6.45, 7) is 2.23. The fourth-order valence-corrected chi connectivity index (χ4v) is 2.81. The Bertz CT molecular complexity index is 350. The molecule has 24 heavy (non-hydrogen) atoms. The highest BCUT2D eigenvalue weighted by molar-refractivity contribution is 5.77. The summed E-state index contributed by atoms with van der Waals surface area (Å²) in [7, 11) is 0.